The summed E-state index contributed by atoms with van der Waals surface area (Å²) in [5, 5.41) is 0. The van der Waals surface area contributed by atoms with Crippen LogP contribution in [0.5, 0.6) is 0 Å². The van der Waals surface area contributed by atoms with Crippen molar-refractivity contribution >= 4 is 11.0 Å². The van der Waals surface area contributed by atoms with Crippen molar-refractivity contribution in [2.24, 2.45) is 5.73 Å². The lowest BCUT2D eigenvalue weighted by Gasteiger charge is -2.18. The molecule has 5 heteroatoms. The Morgan fingerprint density at radius 2 is 2.28 bits per heavy atom. The highest BCUT2D eigenvalue weighted by atomic mass is 16.5. The monoisotopic (exact) mass is 246 g/mol. The van der Waals surface area contributed by atoms with Crippen molar-refractivity contribution in [3.8, 4) is 0 Å². The van der Waals surface area contributed by atoms with Crippen LogP contribution in [0.3, 0.4) is 0 Å². The van der Waals surface area contributed by atoms with E-state index < -0.39 is 0 Å². The zero-order valence-electron chi connectivity index (χ0n) is 10.7. The van der Waals surface area contributed by atoms with Crippen LogP contribution in [0.25, 0.3) is 11.0 Å². The van der Waals surface area contributed by atoms with E-state index in [4.69, 9.17) is 15.5 Å². The van der Waals surface area contributed by atoms with E-state index in [0.717, 1.165) is 16.9 Å². The summed E-state index contributed by atoms with van der Waals surface area (Å²) in [6, 6.07) is 2.39. The molecule has 1 saturated heterocycles. The molecule has 0 bridgehead atoms. The first-order chi connectivity index (χ1) is 8.68. The van der Waals surface area contributed by atoms with Gasteiger partial charge in [-0.3, -0.25) is 4.98 Å². The first kappa shape index (κ1) is 11.6. The molecule has 0 amide bonds. The summed E-state index contributed by atoms with van der Waals surface area (Å²) in [4.78, 5) is 8.84. The number of rotatable bonds is 2. The number of hydrogen-bond acceptors (Lipinski definition) is 4. The van der Waals surface area contributed by atoms with Gasteiger partial charge in [0.05, 0.1) is 30.8 Å². The third kappa shape index (κ3) is 1.71. The van der Waals surface area contributed by atoms with Crippen LogP contribution < -0.4 is 5.73 Å². The molecule has 0 spiro atoms. The van der Waals surface area contributed by atoms with Crippen LogP contribution in [0.1, 0.15) is 31.6 Å². The summed E-state index contributed by atoms with van der Waals surface area (Å²) in [6.07, 6.45) is 3.61. The standard InChI is InChI=1S/C13H18N4O/c1-8(2)17-12-3-4-15-5-11(12)16-13(17)9-6-18-7-10(9)14/h3-5,8-10H,6-7,14H2,1-2H3. The fraction of sp³-hybridized carbons (Fsp3) is 0.538. The third-order valence-corrected chi connectivity index (χ3v) is 3.49. The van der Waals surface area contributed by atoms with Crippen molar-refractivity contribution in [1.82, 2.24) is 14.5 Å². The second-order valence-electron chi connectivity index (χ2n) is 5.11. The summed E-state index contributed by atoms with van der Waals surface area (Å²) >= 11 is 0. The number of nitrogens with two attached hydrogens (primary N) is 1. The molecular formula is C13H18N4O. The SMILES string of the molecule is CC(C)n1c(C2COCC2N)nc2cnccc21. The second kappa shape index (κ2) is 4.33. The van der Waals surface area contributed by atoms with Crippen LogP contribution in [0.2, 0.25) is 0 Å². The average molecular weight is 246 g/mol. The lowest BCUT2D eigenvalue weighted by atomic mass is 10.0. The zero-order chi connectivity index (χ0) is 12.7. The van der Waals surface area contributed by atoms with Crippen molar-refractivity contribution < 1.29 is 4.74 Å². The van der Waals surface area contributed by atoms with Gasteiger partial charge in [0.15, 0.2) is 0 Å². The van der Waals surface area contributed by atoms with Gasteiger partial charge in [-0.15, -0.1) is 0 Å². The quantitative estimate of drug-likeness (QED) is 0.871. The Morgan fingerprint density at radius 3 is 2.94 bits per heavy atom. The molecule has 1 fully saturated rings. The molecule has 3 heterocycles. The van der Waals surface area contributed by atoms with Gasteiger partial charge in [-0.25, -0.2) is 4.98 Å². The maximum absolute atomic E-state index is 6.11. The topological polar surface area (TPSA) is 66.0 Å². The number of nitrogens with zero attached hydrogens (tertiary/aromatic N) is 3. The molecule has 2 aromatic rings. The van der Waals surface area contributed by atoms with Crippen LogP contribution in [0.15, 0.2) is 18.5 Å². The first-order valence-corrected chi connectivity index (χ1v) is 6.33. The number of aromatic nitrogens is 3. The molecule has 1 aliphatic heterocycles. The predicted molar refractivity (Wildman–Crippen MR) is 69.4 cm³/mol. The highest BCUT2D eigenvalue weighted by Gasteiger charge is 2.31. The third-order valence-electron chi connectivity index (χ3n) is 3.49. The fourth-order valence-corrected chi connectivity index (χ4v) is 2.61. The van der Waals surface area contributed by atoms with Gasteiger partial charge in [-0.1, -0.05) is 0 Å². The number of hydrogen-bond donors (Lipinski definition) is 1. The minimum atomic E-state index is 0.0345. The van der Waals surface area contributed by atoms with Gasteiger partial charge in [0.2, 0.25) is 0 Å². The number of ether oxygens (including phenoxy) is 1. The van der Waals surface area contributed by atoms with Gasteiger partial charge in [-0.05, 0) is 19.9 Å². The number of pyridine rings is 1. The maximum Gasteiger partial charge on any atom is 0.117 e. The molecule has 0 radical (unpaired) electrons. The zero-order valence-corrected chi connectivity index (χ0v) is 10.7. The lowest BCUT2D eigenvalue weighted by Crippen LogP contribution is -2.29. The summed E-state index contributed by atoms with van der Waals surface area (Å²) < 4.78 is 7.71. The van der Waals surface area contributed by atoms with Gasteiger partial charge >= 0.3 is 0 Å². The Labute approximate surface area is 106 Å². The molecule has 0 saturated carbocycles. The summed E-state index contributed by atoms with van der Waals surface area (Å²) in [7, 11) is 0. The Hall–Kier alpha value is -1.46. The Bertz CT molecular complexity index is 563. The molecule has 0 aliphatic carbocycles. The largest absolute Gasteiger partial charge is 0.379 e. The average Bonchev–Trinajstić information content (AvgIpc) is 2.91. The molecule has 96 valence electrons. The normalized spacial score (nSPS) is 24.2. The molecule has 18 heavy (non-hydrogen) atoms. The molecule has 0 aromatic carbocycles. The van der Waals surface area contributed by atoms with E-state index in [1.165, 1.54) is 0 Å². The molecule has 2 N–H and O–H groups in total. The minimum absolute atomic E-state index is 0.0345. The van der Waals surface area contributed by atoms with Gasteiger partial charge in [0, 0.05) is 18.3 Å². The van der Waals surface area contributed by atoms with E-state index in [1.807, 2.05) is 6.07 Å². The summed E-state index contributed by atoms with van der Waals surface area (Å²) in [6.45, 7) is 5.59. The van der Waals surface area contributed by atoms with Crippen molar-refractivity contribution in [3.05, 3.63) is 24.3 Å². The summed E-state index contributed by atoms with van der Waals surface area (Å²) in [5.41, 5.74) is 8.16. The molecular weight excluding hydrogens is 228 g/mol. The molecule has 5 nitrogen and oxygen atoms in total. The summed E-state index contributed by atoms with van der Waals surface area (Å²) in [5.74, 6) is 1.21. The van der Waals surface area contributed by atoms with E-state index in [2.05, 4.69) is 23.4 Å². The van der Waals surface area contributed by atoms with Crippen molar-refractivity contribution in [1.29, 1.82) is 0 Å². The van der Waals surface area contributed by atoms with Crippen LogP contribution in [0.4, 0.5) is 0 Å². The Morgan fingerprint density at radius 1 is 1.44 bits per heavy atom. The molecule has 2 unspecified atom stereocenters. The van der Waals surface area contributed by atoms with E-state index >= 15 is 0 Å². The van der Waals surface area contributed by atoms with Gasteiger partial charge < -0.3 is 15.0 Å². The Balaban J connectivity index is 2.18. The predicted octanol–water partition coefficient (Wildman–Crippen LogP) is 1.45. The second-order valence-corrected chi connectivity index (χ2v) is 5.11. The smallest absolute Gasteiger partial charge is 0.117 e. The van der Waals surface area contributed by atoms with Crippen LogP contribution >= 0.6 is 0 Å². The maximum atomic E-state index is 6.11. The highest BCUT2D eigenvalue weighted by Crippen LogP contribution is 2.29. The van der Waals surface area contributed by atoms with E-state index in [9.17, 15) is 0 Å². The molecule has 1 aliphatic rings. The number of fused-ring (bicyclic) bond motifs is 1. The van der Waals surface area contributed by atoms with E-state index in [0.29, 0.717) is 19.3 Å². The highest BCUT2D eigenvalue weighted by molar-refractivity contribution is 5.75. The molecule has 2 aromatic heterocycles. The van der Waals surface area contributed by atoms with Crippen LogP contribution in [0, 0.1) is 0 Å². The Kier molecular flexibility index (Phi) is 2.80. The van der Waals surface area contributed by atoms with Crippen molar-refractivity contribution in [2.75, 3.05) is 13.2 Å². The van der Waals surface area contributed by atoms with E-state index in [1.54, 1.807) is 12.4 Å². The number of imidazole rings is 1. The molecule has 2 atom stereocenters. The molecule has 3 rings (SSSR count). The lowest BCUT2D eigenvalue weighted by molar-refractivity contribution is 0.190. The van der Waals surface area contributed by atoms with E-state index in [-0.39, 0.29) is 12.0 Å². The van der Waals surface area contributed by atoms with Gasteiger partial charge in [0.25, 0.3) is 0 Å². The van der Waals surface area contributed by atoms with Gasteiger partial charge in [0.1, 0.15) is 11.3 Å². The van der Waals surface area contributed by atoms with Crippen LogP contribution in [-0.2, 0) is 4.74 Å². The van der Waals surface area contributed by atoms with Crippen molar-refractivity contribution in [2.45, 2.75) is 31.8 Å². The van der Waals surface area contributed by atoms with Gasteiger partial charge in [-0.2, -0.15) is 0 Å². The van der Waals surface area contributed by atoms with Crippen molar-refractivity contribution in [3.63, 3.8) is 0 Å². The minimum Gasteiger partial charge on any atom is -0.379 e. The van der Waals surface area contributed by atoms with Crippen LogP contribution in [-0.4, -0.2) is 33.8 Å². The first-order valence-electron chi connectivity index (χ1n) is 6.33. The fourth-order valence-electron chi connectivity index (χ4n) is 2.61.